The fourth-order valence-electron chi connectivity index (χ4n) is 3.66. The molecular formula is C23H20N4O2S. The number of nitrogens with zero attached hydrogens (tertiary/aromatic N) is 3. The van der Waals surface area contributed by atoms with Gasteiger partial charge in [-0.2, -0.15) is 0 Å². The zero-order valence-corrected chi connectivity index (χ0v) is 17.4. The number of pyridine rings is 1. The third kappa shape index (κ3) is 3.17. The van der Waals surface area contributed by atoms with Crippen LogP contribution in [0.1, 0.15) is 11.3 Å². The first-order valence-electron chi connectivity index (χ1n) is 9.57. The van der Waals surface area contributed by atoms with E-state index in [0.717, 1.165) is 39.2 Å². The van der Waals surface area contributed by atoms with Crippen molar-refractivity contribution in [3.8, 4) is 11.4 Å². The van der Waals surface area contributed by atoms with Gasteiger partial charge in [0.15, 0.2) is 5.16 Å². The maximum absolute atomic E-state index is 13.0. The molecule has 3 heterocycles. The molecule has 0 spiro atoms. The van der Waals surface area contributed by atoms with Crippen LogP contribution in [0.4, 0.5) is 0 Å². The lowest BCUT2D eigenvalue weighted by Gasteiger charge is -2.08. The van der Waals surface area contributed by atoms with E-state index in [1.54, 1.807) is 19.4 Å². The van der Waals surface area contributed by atoms with Crippen molar-refractivity contribution in [1.29, 1.82) is 0 Å². The van der Waals surface area contributed by atoms with Crippen LogP contribution in [0.3, 0.4) is 0 Å². The number of ether oxygens (including phenoxy) is 1. The number of H-pyrrole nitrogens is 1. The van der Waals surface area contributed by atoms with Gasteiger partial charge in [-0.3, -0.25) is 9.19 Å². The molecule has 2 aromatic carbocycles. The van der Waals surface area contributed by atoms with E-state index in [0.29, 0.717) is 5.16 Å². The third-order valence-electron chi connectivity index (χ3n) is 5.28. The average Bonchev–Trinajstić information content (AvgIpc) is 3.39. The predicted molar refractivity (Wildman–Crippen MR) is 119 cm³/mol. The van der Waals surface area contributed by atoms with Gasteiger partial charge in [-0.1, -0.05) is 18.2 Å². The quantitative estimate of drug-likeness (QED) is 0.457. The van der Waals surface area contributed by atoms with Gasteiger partial charge < -0.3 is 14.3 Å². The van der Waals surface area contributed by atoms with E-state index in [4.69, 9.17) is 4.74 Å². The summed E-state index contributed by atoms with van der Waals surface area (Å²) >= 11 is 0. The second kappa shape index (κ2) is 7.42. The molecule has 0 aliphatic heterocycles. The Morgan fingerprint density at radius 3 is 2.87 bits per heavy atom. The SMILES string of the molecule is COc1ccnc(CS(=O)c2nc3ccc(-n4ccc5ccccc54)cc3[nH]2)c1C. The van der Waals surface area contributed by atoms with Crippen LogP contribution in [0.5, 0.6) is 5.75 Å². The van der Waals surface area contributed by atoms with E-state index in [9.17, 15) is 4.21 Å². The molecule has 0 fully saturated rings. The maximum Gasteiger partial charge on any atom is 0.197 e. The molecule has 0 radical (unpaired) electrons. The van der Waals surface area contributed by atoms with Gasteiger partial charge in [0.1, 0.15) is 5.75 Å². The normalized spacial score (nSPS) is 12.5. The molecule has 1 N–H and O–H groups in total. The number of benzene rings is 2. The number of aromatic nitrogens is 4. The Morgan fingerprint density at radius 1 is 1.13 bits per heavy atom. The molecule has 0 amide bonds. The molecule has 1 unspecified atom stereocenters. The molecule has 6 nitrogen and oxygen atoms in total. The smallest absolute Gasteiger partial charge is 0.197 e. The van der Waals surface area contributed by atoms with Gasteiger partial charge >= 0.3 is 0 Å². The fourth-order valence-corrected chi connectivity index (χ4v) is 4.76. The number of methoxy groups -OCH3 is 1. The molecule has 0 aliphatic rings. The van der Waals surface area contributed by atoms with E-state index >= 15 is 0 Å². The summed E-state index contributed by atoms with van der Waals surface area (Å²) in [6, 6.07) is 18.2. The Hall–Kier alpha value is -3.45. The van der Waals surface area contributed by atoms with Crippen LogP contribution in [0, 0.1) is 6.92 Å². The van der Waals surface area contributed by atoms with Gasteiger partial charge in [0.2, 0.25) is 0 Å². The number of hydrogen-bond donors (Lipinski definition) is 1. The van der Waals surface area contributed by atoms with Crippen LogP contribution in [0.15, 0.2) is 72.1 Å². The van der Waals surface area contributed by atoms with Gasteiger partial charge in [-0.05, 0) is 48.7 Å². The fraction of sp³-hybridized carbons (Fsp3) is 0.130. The van der Waals surface area contributed by atoms with Crippen molar-refractivity contribution in [3.63, 3.8) is 0 Å². The van der Waals surface area contributed by atoms with Gasteiger partial charge in [-0.15, -0.1) is 0 Å². The summed E-state index contributed by atoms with van der Waals surface area (Å²) in [5, 5.41) is 1.63. The van der Waals surface area contributed by atoms with Crippen molar-refractivity contribution in [2.75, 3.05) is 7.11 Å². The molecule has 0 saturated carbocycles. The van der Waals surface area contributed by atoms with Crippen LogP contribution in [-0.4, -0.2) is 30.8 Å². The summed E-state index contributed by atoms with van der Waals surface area (Å²) in [7, 11) is 0.274. The zero-order chi connectivity index (χ0) is 20.7. The Bertz CT molecular complexity index is 1400. The van der Waals surface area contributed by atoms with Gasteiger partial charge in [-0.25, -0.2) is 4.98 Å². The van der Waals surface area contributed by atoms with E-state index in [2.05, 4.69) is 43.9 Å². The van der Waals surface area contributed by atoms with Crippen molar-refractivity contribution >= 4 is 32.7 Å². The van der Waals surface area contributed by atoms with Crippen LogP contribution in [-0.2, 0) is 16.6 Å². The highest BCUT2D eigenvalue weighted by Crippen LogP contribution is 2.25. The molecule has 7 heteroatoms. The molecule has 30 heavy (non-hydrogen) atoms. The number of aromatic amines is 1. The highest BCUT2D eigenvalue weighted by atomic mass is 32.2. The lowest BCUT2D eigenvalue weighted by molar-refractivity contribution is 0.410. The number of fused-ring (bicyclic) bond motifs is 2. The van der Waals surface area contributed by atoms with Gasteiger partial charge in [0, 0.05) is 23.6 Å². The highest BCUT2D eigenvalue weighted by Gasteiger charge is 2.15. The Morgan fingerprint density at radius 2 is 2.00 bits per heavy atom. The predicted octanol–water partition coefficient (Wildman–Crippen LogP) is 4.53. The van der Waals surface area contributed by atoms with Crippen molar-refractivity contribution in [1.82, 2.24) is 19.5 Å². The molecule has 1 atom stereocenters. The number of rotatable bonds is 5. The Balaban J connectivity index is 1.48. The summed E-state index contributed by atoms with van der Waals surface area (Å²) in [5.74, 6) is 1.02. The Labute approximate surface area is 176 Å². The second-order valence-electron chi connectivity index (χ2n) is 7.06. The molecule has 5 aromatic rings. The van der Waals surface area contributed by atoms with Crippen molar-refractivity contribution < 1.29 is 8.95 Å². The first-order valence-corrected chi connectivity index (χ1v) is 10.9. The zero-order valence-electron chi connectivity index (χ0n) is 16.6. The maximum atomic E-state index is 13.0. The summed E-state index contributed by atoms with van der Waals surface area (Å²) in [6.45, 7) is 1.92. The van der Waals surface area contributed by atoms with Crippen LogP contribution >= 0.6 is 0 Å². The molecular weight excluding hydrogens is 396 g/mol. The minimum atomic E-state index is -1.34. The topological polar surface area (TPSA) is 72.8 Å². The van der Waals surface area contributed by atoms with Crippen molar-refractivity contribution in [3.05, 3.63) is 78.2 Å². The first-order chi connectivity index (χ1) is 14.6. The third-order valence-corrected chi connectivity index (χ3v) is 6.44. The first kappa shape index (κ1) is 18.6. The van der Waals surface area contributed by atoms with Gasteiger partial charge in [0.05, 0.1) is 45.9 Å². The number of hydrogen-bond acceptors (Lipinski definition) is 4. The summed E-state index contributed by atoms with van der Waals surface area (Å²) in [5.41, 5.74) is 5.44. The molecule has 5 rings (SSSR count). The lowest BCUT2D eigenvalue weighted by Crippen LogP contribution is -2.03. The highest BCUT2D eigenvalue weighted by molar-refractivity contribution is 7.84. The van der Waals surface area contributed by atoms with Crippen LogP contribution in [0.25, 0.3) is 27.6 Å². The number of imidazole rings is 1. The summed E-state index contributed by atoms with van der Waals surface area (Å²) in [4.78, 5) is 12.1. The summed E-state index contributed by atoms with van der Waals surface area (Å²) in [6.07, 6.45) is 3.73. The van der Waals surface area contributed by atoms with Crippen LogP contribution < -0.4 is 4.74 Å². The molecule has 150 valence electrons. The average molecular weight is 417 g/mol. The lowest BCUT2D eigenvalue weighted by atomic mass is 10.2. The largest absolute Gasteiger partial charge is 0.496 e. The minimum absolute atomic E-state index is 0.276. The van der Waals surface area contributed by atoms with Crippen molar-refractivity contribution in [2.45, 2.75) is 17.8 Å². The summed E-state index contributed by atoms with van der Waals surface area (Å²) < 4.78 is 20.4. The molecule has 3 aromatic heterocycles. The second-order valence-corrected chi connectivity index (χ2v) is 8.43. The Kier molecular flexibility index (Phi) is 4.59. The van der Waals surface area contributed by atoms with Gasteiger partial charge in [0.25, 0.3) is 0 Å². The number of para-hydroxylation sites is 1. The number of nitrogens with one attached hydrogen (secondary N) is 1. The van der Waals surface area contributed by atoms with Crippen LogP contribution in [0.2, 0.25) is 0 Å². The van der Waals surface area contributed by atoms with Crippen molar-refractivity contribution in [2.24, 2.45) is 0 Å². The standard InChI is InChI=1S/C23H20N4O2S/c1-15-20(24-11-9-22(15)29-2)14-30(28)23-25-18-8-7-17(13-19(18)26-23)27-12-10-16-5-3-4-6-21(16)27/h3-13H,14H2,1-2H3,(H,25,26). The van der Waals surface area contributed by atoms with E-state index in [-0.39, 0.29) is 5.75 Å². The van der Waals surface area contributed by atoms with E-state index < -0.39 is 10.8 Å². The minimum Gasteiger partial charge on any atom is -0.496 e. The molecule has 0 saturated heterocycles. The van der Waals surface area contributed by atoms with E-state index in [1.165, 1.54) is 5.39 Å². The monoisotopic (exact) mass is 416 g/mol. The molecule has 0 aliphatic carbocycles. The molecule has 0 bridgehead atoms. The van der Waals surface area contributed by atoms with E-state index in [1.807, 2.05) is 37.3 Å².